The van der Waals surface area contributed by atoms with Gasteiger partial charge in [-0.25, -0.2) is 4.99 Å². The van der Waals surface area contributed by atoms with Crippen molar-refractivity contribution in [3.05, 3.63) is 59.0 Å². The van der Waals surface area contributed by atoms with Crippen LogP contribution in [0.3, 0.4) is 0 Å². The smallest absolute Gasteiger partial charge is 0.448 e. The van der Waals surface area contributed by atoms with Gasteiger partial charge in [-0.15, -0.1) is 0 Å². The molecule has 6 nitrogen and oxygen atoms in total. The number of piperidine rings is 1. The number of hydrogen-bond donors (Lipinski definition) is 2. The zero-order valence-electron chi connectivity index (χ0n) is 19.6. The average Bonchev–Trinajstić information content (AvgIpc) is 2.74. The highest BCUT2D eigenvalue weighted by Crippen LogP contribution is 2.25. The molecule has 0 atom stereocenters. The Morgan fingerprint density at radius 2 is 1.73 bits per heavy atom. The van der Waals surface area contributed by atoms with Crippen molar-refractivity contribution in [1.82, 2.24) is 4.90 Å². The zero-order chi connectivity index (χ0) is 25.0. The first-order chi connectivity index (χ1) is 15.2. The van der Waals surface area contributed by atoms with E-state index in [2.05, 4.69) is 32.3 Å². The van der Waals surface area contributed by atoms with E-state index in [0.717, 1.165) is 11.1 Å². The van der Waals surface area contributed by atoms with Crippen molar-refractivity contribution in [3.63, 3.8) is 0 Å². The number of nitrogens with zero attached hydrogens (tertiary/aromatic N) is 2. The van der Waals surface area contributed by atoms with Gasteiger partial charge >= 0.3 is 6.18 Å². The molecule has 1 amide bonds. The molecule has 1 fully saturated rings. The second kappa shape index (κ2) is 10.4. The van der Waals surface area contributed by atoms with E-state index in [4.69, 9.17) is 16.2 Å². The van der Waals surface area contributed by atoms with Gasteiger partial charge in [0.2, 0.25) is 5.84 Å². The second-order valence-corrected chi connectivity index (χ2v) is 9.26. The third-order valence-corrected chi connectivity index (χ3v) is 5.56. The summed E-state index contributed by atoms with van der Waals surface area (Å²) in [7, 11) is 0. The summed E-state index contributed by atoms with van der Waals surface area (Å²) in [6.45, 7) is 12.4. The van der Waals surface area contributed by atoms with Crippen LogP contribution in [0.4, 0.5) is 13.2 Å². The molecule has 1 heterocycles. The van der Waals surface area contributed by atoms with Crippen LogP contribution in [0.1, 0.15) is 51.7 Å². The largest absolute Gasteiger partial charge is 0.489 e. The van der Waals surface area contributed by atoms with Crippen molar-refractivity contribution in [2.45, 2.75) is 64.8 Å². The molecule has 2 rings (SSSR count). The normalized spacial score (nSPS) is 17.0. The monoisotopic (exact) mass is 466 g/mol. The minimum atomic E-state index is -4.87. The zero-order valence-corrected chi connectivity index (χ0v) is 19.6. The quantitative estimate of drug-likeness (QED) is 0.216. The maximum Gasteiger partial charge on any atom is 0.448 e. The summed E-state index contributed by atoms with van der Waals surface area (Å²) >= 11 is 0. The number of carbonyl (C=O) groups is 1. The Hall–Kier alpha value is -2.81. The Morgan fingerprint density at radius 1 is 1.18 bits per heavy atom. The summed E-state index contributed by atoms with van der Waals surface area (Å²) in [5.74, 6) is -2.22. The predicted molar refractivity (Wildman–Crippen MR) is 123 cm³/mol. The minimum Gasteiger partial charge on any atom is -0.489 e. The number of hydrogen-bond acceptors (Lipinski definition) is 4. The van der Waals surface area contributed by atoms with Crippen molar-refractivity contribution in [2.24, 2.45) is 16.5 Å². The van der Waals surface area contributed by atoms with Crippen molar-refractivity contribution in [1.29, 1.82) is 0 Å². The summed E-state index contributed by atoms with van der Waals surface area (Å²) in [6, 6.07) is 7.77. The van der Waals surface area contributed by atoms with Crippen LogP contribution >= 0.6 is 0 Å². The molecule has 1 aliphatic rings. The van der Waals surface area contributed by atoms with Gasteiger partial charge in [-0.05, 0) is 36.3 Å². The molecule has 9 heteroatoms. The molecule has 0 saturated carbocycles. The number of amides is 1. The summed E-state index contributed by atoms with van der Waals surface area (Å²) in [4.78, 5) is 17.9. The van der Waals surface area contributed by atoms with E-state index in [1.807, 2.05) is 24.3 Å². The van der Waals surface area contributed by atoms with Crippen molar-refractivity contribution < 1.29 is 22.7 Å². The number of allylic oxidation sites excluding steroid dienone is 1. The highest BCUT2D eigenvalue weighted by atomic mass is 19.4. The third-order valence-electron chi connectivity index (χ3n) is 5.56. The number of likely N-dealkylation sites (tertiary alicyclic amines) is 1. The number of alkyl halides is 3. The van der Waals surface area contributed by atoms with Crippen LogP contribution in [0.5, 0.6) is 0 Å². The second-order valence-electron chi connectivity index (χ2n) is 9.26. The fraction of sp³-hybridized carbons (Fsp3) is 0.500. The van der Waals surface area contributed by atoms with Gasteiger partial charge < -0.3 is 21.1 Å². The molecule has 1 aromatic rings. The summed E-state index contributed by atoms with van der Waals surface area (Å²) in [6.07, 6.45) is -3.76. The van der Waals surface area contributed by atoms with Gasteiger partial charge in [0.05, 0.1) is 0 Å². The fourth-order valence-corrected chi connectivity index (χ4v) is 3.24. The molecule has 1 aromatic carbocycles. The Labute approximate surface area is 193 Å². The van der Waals surface area contributed by atoms with Crippen LogP contribution in [0.2, 0.25) is 0 Å². The summed E-state index contributed by atoms with van der Waals surface area (Å²) < 4.78 is 44.8. The Balaban J connectivity index is 2.25. The first-order valence-electron chi connectivity index (χ1n) is 10.8. The predicted octanol–water partition coefficient (Wildman–Crippen LogP) is 4.16. The van der Waals surface area contributed by atoms with E-state index in [1.54, 1.807) is 0 Å². The molecule has 1 saturated heterocycles. The average molecular weight is 467 g/mol. The lowest BCUT2D eigenvalue weighted by Crippen LogP contribution is -2.44. The van der Waals surface area contributed by atoms with Gasteiger partial charge in [0.1, 0.15) is 18.1 Å². The topological polar surface area (TPSA) is 93.9 Å². The van der Waals surface area contributed by atoms with Crippen LogP contribution in [-0.4, -0.2) is 42.0 Å². The first-order valence-corrected chi connectivity index (χ1v) is 10.8. The van der Waals surface area contributed by atoms with E-state index in [0.29, 0.717) is 25.9 Å². The highest BCUT2D eigenvalue weighted by molar-refractivity contribution is 5.99. The Morgan fingerprint density at radius 3 is 2.21 bits per heavy atom. The number of benzene rings is 1. The fourth-order valence-electron chi connectivity index (χ4n) is 3.24. The van der Waals surface area contributed by atoms with E-state index in [-0.39, 0.29) is 29.4 Å². The molecule has 4 N–H and O–H groups in total. The molecule has 182 valence electrons. The highest BCUT2D eigenvalue weighted by Gasteiger charge is 2.35. The SMILES string of the molecule is C=C(OCc1ccc(C(C)(C)C)cc1)/C(C)=C(\N=C(/N)C(F)(F)F)C(=O)N1CCC(N)CC1. The van der Waals surface area contributed by atoms with E-state index in [1.165, 1.54) is 11.8 Å². The molecular formula is C24H33F3N4O2. The van der Waals surface area contributed by atoms with E-state index >= 15 is 0 Å². The van der Waals surface area contributed by atoms with Crippen molar-refractivity contribution in [3.8, 4) is 0 Å². The van der Waals surface area contributed by atoms with Crippen LogP contribution in [0.25, 0.3) is 0 Å². The first kappa shape index (κ1) is 26.4. The number of amidine groups is 1. The number of halogens is 3. The standard InChI is InChI=1S/C24H33F3N4O2/c1-15(16(2)33-14-17-6-8-18(9-7-17)23(3,4)5)20(30-22(29)24(25,26)27)21(32)31-12-10-19(28)11-13-31/h6-9,19H,2,10-14,28H2,1,3-5H3,(H2,29,30)/b20-15-. The van der Waals surface area contributed by atoms with E-state index in [9.17, 15) is 18.0 Å². The van der Waals surface area contributed by atoms with Crippen LogP contribution in [-0.2, 0) is 21.6 Å². The molecule has 0 radical (unpaired) electrons. The molecule has 33 heavy (non-hydrogen) atoms. The lowest BCUT2D eigenvalue weighted by Gasteiger charge is -2.30. The molecule has 0 aliphatic carbocycles. The lowest BCUT2D eigenvalue weighted by atomic mass is 9.87. The van der Waals surface area contributed by atoms with Gasteiger partial charge in [-0.2, -0.15) is 13.2 Å². The van der Waals surface area contributed by atoms with E-state index < -0.39 is 23.6 Å². The molecule has 0 aromatic heterocycles. The maximum atomic E-state index is 13.0. The van der Waals surface area contributed by atoms with Gasteiger partial charge in [0.25, 0.3) is 5.91 Å². The van der Waals surface area contributed by atoms with Gasteiger partial charge in [-0.3, -0.25) is 4.79 Å². The lowest BCUT2D eigenvalue weighted by molar-refractivity contribution is -0.128. The number of carbonyl (C=O) groups excluding carboxylic acids is 1. The number of nitrogens with two attached hydrogens (primary N) is 2. The van der Waals surface area contributed by atoms with Gasteiger partial charge in [0.15, 0.2) is 0 Å². The molecular weight excluding hydrogens is 433 g/mol. The summed E-state index contributed by atoms with van der Waals surface area (Å²) in [5.41, 5.74) is 12.7. The number of rotatable bonds is 6. The molecule has 0 bridgehead atoms. The Kier molecular flexibility index (Phi) is 8.35. The van der Waals surface area contributed by atoms with Crippen LogP contribution in [0.15, 0.2) is 52.9 Å². The third kappa shape index (κ3) is 7.35. The van der Waals surface area contributed by atoms with Gasteiger partial charge in [0, 0.05) is 24.7 Å². The Bertz CT molecular complexity index is 921. The van der Waals surface area contributed by atoms with Crippen molar-refractivity contribution >= 4 is 11.7 Å². The summed E-state index contributed by atoms with van der Waals surface area (Å²) in [5, 5.41) is 0. The number of aliphatic imine (C=N–C) groups is 1. The van der Waals surface area contributed by atoms with Crippen LogP contribution < -0.4 is 11.5 Å². The molecule has 0 unspecified atom stereocenters. The number of ether oxygens (including phenoxy) is 1. The van der Waals surface area contributed by atoms with Crippen molar-refractivity contribution in [2.75, 3.05) is 13.1 Å². The maximum absolute atomic E-state index is 13.0. The molecule has 1 aliphatic heterocycles. The van der Waals surface area contributed by atoms with Crippen LogP contribution in [0, 0.1) is 0 Å². The van der Waals surface area contributed by atoms with Gasteiger partial charge in [-0.1, -0.05) is 51.6 Å². The minimum absolute atomic E-state index is 0.00631. The molecule has 0 spiro atoms.